The van der Waals surface area contributed by atoms with E-state index in [-0.39, 0.29) is 6.04 Å². The van der Waals surface area contributed by atoms with Crippen LogP contribution in [-0.2, 0) is 6.54 Å². The van der Waals surface area contributed by atoms with Crippen molar-refractivity contribution in [1.82, 2.24) is 30.0 Å². The summed E-state index contributed by atoms with van der Waals surface area (Å²) in [5.74, 6) is 1.61. The summed E-state index contributed by atoms with van der Waals surface area (Å²) in [7, 11) is 0. The van der Waals surface area contributed by atoms with Gasteiger partial charge in [-0.05, 0) is 34.9 Å². The average Bonchev–Trinajstić information content (AvgIpc) is 3.08. The lowest BCUT2D eigenvalue weighted by molar-refractivity contribution is 0.0834. The Hall–Kier alpha value is -1.79. The maximum absolute atomic E-state index is 4.43. The molecule has 25 heavy (non-hydrogen) atoms. The molecule has 0 radical (unpaired) electrons. The van der Waals surface area contributed by atoms with Crippen molar-refractivity contribution in [3.8, 4) is 0 Å². The first-order valence-electron chi connectivity index (χ1n) is 9.43. The predicted octanol–water partition coefficient (Wildman–Crippen LogP) is 2.45. The van der Waals surface area contributed by atoms with Gasteiger partial charge in [-0.1, -0.05) is 51.1 Å². The van der Waals surface area contributed by atoms with Crippen LogP contribution in [0.1, 0.15) is 44.6 Å². The maximum atomic E-state index is 4.43. The van der Waals surface area contributed by atoms with E-state index in [1.165, 1.54) is 5.56 Å². The molecule has 0 unspecified atom stereocenters. The molecule has 0 bridgehead atoms. The number of rotatable bonds is 7. The van der Waals surface area contributed by atoms with Gasteiger partial charge in [0, 0.05) is 26.2 Å². The Kier molecular flexibility index (Phi) is 6.15. The summed E-state index contributed by atoms with van der Waals surface area (Å²) in [6.07, 6.45) is 1.08. The zero-order valence-corrected chi connectivity index (χ0v) is 15.7. The van der Waals surface area contributed by atoms with Gasteiger partial charge in [0.05, 0.1) is 12.6 Å². The number of nitrogens with zero attached hydrogens (tertiary/aromatic N) is 6. The van der Waals surface area contributed by atoms with Gasteiger partial charge in [0.25, 0.3) is 0 Å². The van der Waals surface area contributed by atoms with E-state index in [4.69, 9.17) is 0 Å². The zero-order valence-electron chi connectivity index (χ0n) is 15.7. The molecule has 2 heterocycles. The standard InChI is InChI=1S/C19H30N6/c1-4-23-10-12-24(13-11-23)18(14-16(2)3)19-20-21-22-25(19)15-17-8-6-5-7-9-17/h5-9,16,18H,4,10-15H2,1-3H3/t18-/m0/s1. The monoisotopic (exact) mass is 342 g/mol. The van der Waals surface area contributed by atoms with Gasteiger partial charge in [-0.15, -0.1) is 5.10 Å². The molecular formula is C19H30N6. The van der Waals surface area contributed by atoms with Crippen LogP contribution < -0.4 is 0 Å². The summed E-state index contributed by atoms with van der Waals surface area (Å²) in [4.78, 5) is 5.08. The number of aromatic nitrogens is 4. The molecule has 1 atom stereocenters. The van der Waals surface area contributed by atoms with Gasteiger partial charge in [0.1, 0.15) is 0 Å². The minimum atomic E-state index is 0.290. The second-order valence-corrected chi connectivity index (χ2v) is 7.30. The second-order valence-electron chi connectivity index (χ2n) is 7.30. The third-order valence-electron chi connectivity index (χ3n) is 5.02. The molecule has 6 nitrogen and oxygen atoms in total. The molecule has 0 aliphatic carbocycles. The fourth-order valence-electron chi connectivity index (χ4n) is 3.57. The fourth-order valence-corrected chi connectivity index (χ4v) is 3.57. The molecule has 6 heteroatoms. The number of benzene rings is 1. The van der Waals surface area contributed by atoms with Crippen molar-refractivity contribution >= 4 is 0 Å². The molecule has 1 fully saturated rings. The lowest BCUT2D eigenvalue weighted by Gasteiger charge is -2.39. The molecule has 0 saturated carbocycles. The summed E-state index contributed by atoms with van der Waals surface area (Å²) in [5, 5.41) is 12.7. The highest BCUT2D eigenvalue weighted by Crippen LogP contribution is 2.27. The molecule has 0 spiro atoms. The van der Waals surface area contributed by atoms with E-state index in [1.807, 2.05) is 10.7 Å². The summed E-state index contributed by atoms with van der Waals surface area (Å²) < 4.78 is 1.98. The number of hydrogen-bond acceptors (Lipinski definition) is 5. The van der Waals surface area contributed by atoms with Gasteiger partial charge in [0.2, 0.25) is 0 Å². The van der Waals surface area contributed by atoms with Crippen molar-refractivity contribution in [2.45, 2.75) is 39.8 Å². The van der Waals surface area contributed by atoms with E-state index in [2.05, 4.69) is 70.4 Å². The first-order valence-corrected chi connectivity index (χ1v) is 9.43. The molecule has 1 aliphatic rings. The first kappa shape index (κ1) is 18.0. The number of hydrogen-bond donors (Lipinski definition) is 0. The van der Waals surface area contributed by atoms with E-state index in [0.29, 0.717) is 5.92 Å². The van der Waals surface area contributed by atoms with Crippen molar-refractivity contribution in [1.29, 1.82) is 0 Å². The van der Waals surface area contributed by atoms with E-state index in [9.17, 15) is 0 Å². The lowest BCUT2D eigenvalue weighted by Crippen LogP contribution is -2.48. The lowest BCUT2D eigenvalue weighted by atomic mass is 10.0. The highest BCUT2D eigenvalue weighted by atomic mass is 15.6. The van der Waals surface area contributed by atoms with Crippen LogP contribution in [0.2, 0.25) is 0 Å². The Morgan fingerprint density at radius 2 is 1.76 bits per heavy atom. The number of piperazine rings is 1. The van der Waals surface area contributed by atoms with Gasteiger partial charge < -0.3 is 4.90 Å². The van der Waals surface area contributed by atoms with Crippen LogP contribution in [-0.4, -0.2) is 62.7 Å². The maximum Gasteiger partial charge on any atom is 0.168 e. The zero-order chi connectivity index (χ0) is 17.6. The summed E-state index contributed by atoms with van der Waals surface area (Å²) >= 11 is 0. The Bertz CT molecular complexity index is 630. The van der Waals surface area contributed by atoms with Gasteiger partial charge in [-0.25, -0.2) is 4.68 Å². The normalized spacial score (nSPS) is 17.9. The molecule has 1 aliphatic heterocycles. The smallest absolute Gasteiger partial charge is 0.168 e. The van der Waals surface area contributed by atoms with Crippen LogP contribution in [0.5, 0.6) is 0 Å². The second kappa shape index (κ2) is 8.54. The summed E-state index contributed by atoms with van der Waals surface area (Å²) in [6.45, 7) is 13.1. The van der Waals surface area contributed by atoms with Gasteiger partial charge in [-0.3, -0.25) is 4.90 Å². The molecule has 2 aromatic rings. The van der Waals surface area contributed by atoms with Crippen molar-refractivity contribution in [3.05, 3.63) is 41.7 Å². The first-order chi connectivity index (χ1) is 12.2. The minimum absolute atomic E-state index is 0.290. The fraction of sp³-hybridized carbons (Fsp3) is 0.632. The van der Waals surface area contributed by atoms with Crippen LogP contribution in [0.3, 0.4) is 0 Å². The third-order valence-corrected chi connectivity index (χ3v) is 5.02. The molecule has 1 saturated heterocycles. The molecule has 1 aromatic heterocycles. The number of tetrazole rings is 1. The summed E-state index contributed by atoms with van der Waals surface area (Å²) in [5.41, 5.74) is 1.23. The van der Waals surface area contributed by atoms with Crippen LogP contribution in [0.25, 0.3) is 0 Å². The topological polar surface area (TPSA) is 50.1 Å². The average molecular weight is 342 g/mol. The largest absolute Gasteiger partial charge is 0.301 e. The van der Waals surface area contributed by atoms with Gasteiger partial charge in [0.15, 0.2) is 5.82 Å². The Morgan fingerprint density at radius 1 is 1.04 bits per heavy atom. The van der Waals surface area contributed by atoms with Gasteiger partial charge >= 0.3 is 0 Å². The Morgan fingerprint density at radius 3 is 2.40 bits per heavy atom. The molecule has 1 aromatic carbocycles. The predicted molar refractivity (Wildman–Crippen MR) is 99.2 cm³/mol. The van der Waals surface area contributed by atoms with E-state index in [1.54, 1.807) is 0 Å². The number of likely N-dealkylation sites (N-methyl/N-ethyl adjacent to an activating group) is 1. The van der Waals surface area contributed by atoms with Crippen LogP contribution >= 0.6 is 0 Å². The van der Waals surface area contributed by atoms with Crippen molar-refractivity contribution in [2.75, 3.05) is 32.7 Å². The van der Waals surface area contributed by atoms with Crippen LogP contribution in [0, 0.1) is 5.92 Å². The Balaban J connectivity index is 1.79. The molecule has 136 valence electrons. The van der Waals surface area contributed by atoms with Crippen molar-refractivity contribution < 1.29 is 0 Å². The van der Waals surface area contributed by atoms with E-state index >= 15 is 0 Å². The minimum Gasteiger partial charge on any atom is -0.301 e. The SMILES string of the molecule is CCN1CCN([C@@H](CC(C)C)c2nnnn2Cc2ccccc2)CC1. The summed E-state index contributed by atoms with van der Waals surface area (Å²) in [6, 6.07) is 10.7. The van der Waals surface area contributed by atoms with Gasteiger partial charge in [-0.2, -0.15) is 0 Å². The van der Waals surface area contributed by atoms with Crippen LogP contribution in [0.4, 0.5) is 0 Å². The molecular weight excluding hydrogens is 312 g/mol. The van der Waals surface area contributed by atoms with Crippen LogP contribution in [0.15, 0.2) is 30.3 Å². The third kappa shape index (κ3) is 4.64. The highest BCUT2D eigenvalue weighted by Gasteiger charge is 2.29. The highest BCUT2D eigenvalue weighted by molar-refractivity contribution is 5.15. The Labute approximate surface area is 150 Å². The van der Waals surface area contributed by atoms with E-state index < -0.39 is 0 Å². The molecule has 0 N–H and O–H groups in total. The van der Waals surface area contributed by atoms with Crippen molar-refractivity contribution in [3.63, 3.8) is 0 Å². The van der Waals surface area contributed by atoms with E-state index in [0.717, 1.165) is 51.5 Å². The molecule has 0 amide bonds. The molecule has 3 rings (SSSR count). The van der Waals surface area contributed by atoms with Crippen molar-refractivity contribution in [2.24, 2.45) is 5.92 Å². The quantitative estimate of drug-likeness (QED) is 0.773.